The van der Waals surface area contributed by atoms with Crippen LogP contribution in [0.1, 0.15) is 34.1 Å². The molecule has 0 rings (SSSR count). The standard InChI is InChI=1S/C7H16.H3N/c1-6(2)5-7(3)4;/h6-7H,5H2,1-4H3;1H3. The van der Waals surface area contributed by atoms with E-state index in [0.717, 1.165) is 11.8 Å². The van der Waals surface area contributed by atoms with E-state index in [1.165, 1.54) is 6.42 Å². The third-order valence-corrected chi connectivity index (χ3v) is 0.943. The first-order valence-electron chi connectivity index (χ1n) is 3.13. The van der Waals surface area contributed by atoms with Crippen LogP contribution < -0.4 is 6.15 Å². The van der Waals surface area contributed by atoms with Crippen LogP contribution in [0.15, 0.2) is 0 Å². The van der Waals surface area contributed by atoms with Gasteiger partial charge in [0.05, 0.1) is 0 Å². The lowest BCUT2D eigenvalue weighted by Crippen LogP contribution is -1.93. The molecule has 8 heavy (non-hydrogen) atoms. The largest absolute Gasteiger partial charge is 0.344 e. The molecule has 0 saturated heterocycles. The van der Waals surface area contributed by atoms with E-state index in [-0.39, 0.29) is 6.15 Å². The molecule has 0 aliphatic heterocycles. The molecular formula is C7H19N. The van der Waals surface area contributed by atoms with E-state index < -0.39 is 0 Å². The summed E-state index contributed by atoms with van der Waals surface area (Å²) in [4.78, 5) is 0. The fourth-order valence-corrected chi connectivity index (χ4v) is 0.943. The van der Waals surface area contributed by atoms with Crippen molar-refractivity contribution in [3.63, 3.8) is 0 Å². The summed E-state index contributed by atoms with van der Waals surface area (Å²) in [5, 5.41) is 0. The summed E-state index contributed by atoms with van der Waals surface area (Å²) >= 11 is 0. The average Bonchev–Trinajstić information content (AvgIpc) is 1.27. The molecule has 0 aliphatic carbocycles. The quantitative estimate of drug-likeness (QED) is 0.593. The summed E-state index contributed by atoms with van der Waals surface area (Å²) < 4.78 is 0. The van der Waals surface area contributed by atoms with Crippen LogP contribution in [-0.4, -0.2) is 0 Å². The van der Waals surface area contributed by atoms with Crippen molar-refractivity contribution in [2.24, 2.45) is 11.8 Å². The van der Waals surface area contributed by atoms with Crippen LogP contribution in [0.3, 0.4) is 0 Å². The monoisotopic (exact) mass is 117 g/mol. The number of hydrogen-bond donors (Lipinski definition) is 1. The summed E-state index contributed by atoms with van der Waals surface area (Å²) in [6.07, 6.45) is 1.36. The van der Waals surface area contributed by atoms with Crippen molar-refractivity contribution in [2.45, 2.75) is 34.1 Å². The Bertz CT molecular complexity index is 33.7. The second kappa shape index (κ2) is 5.10. The lowest BCUT2D eigenvalue weighted by molar-refractivity contribution is 0.469. The highest BCUT2D eigenvalue weighted by molar-refractivity contribution is 4.47. The molecule has 3 N–H and O–H groups in total. The van der Waals surface area contributed by atoms with Crippen molar-refractivity contribution >= 4 is 0 Å². The summed E-state index contributed by atoms with van der Waals surface area (Å²) in [6.45, 7) is 9.06. The second-order valence-corrected chi connectivity index (χ2v) is 3.02. The van der Waals surface area contributed by atoms with E-state index in [9.17, 15) is 0 Å². The molecule has 0 fully saturated rings. The van der Waals surface area contributed by atoms with E-state index in [2.05, 4.69) is 27.7 Å². The third kappa shape index (κ3) is 9.35. The maximum atomic E-state index is 2.26. The fourth-order valence-electron chi connectivity index (χ4n) is 0.943. The van der Waals surface area contributed by atoms with Gasteiger partial charge in [-0.1, -0.05) is 27.7 Å². The van der Waals surface area contributed by atoms with Crippen molar-refractivity contribution in [2.75, 3.05) is 0 Å². The zero-order chi connectivity index (χ0) is 5.86. The van der Waals surface area contributed by atoms with E-state index in [0.29, 0.717) is 0 Å². The third-order valence-electron chi connectivity index (χ3n) is 0.943. The Kier molecular flexibility index (Phi) is 6.93. The molecule has 0 unspecified atom stereocenters. The fraction of sp³-hybridized carbons (Fsp3) is 1.00. The van der Waals surface area contributed by atoms with Gasteiger partial charge in [-0.3, -0.25) is 0 Å². The summed E-state index contributed by atoms with van der Waals surface area (Å²) in [5.74, 6) is 1.75. The first kappa shape index (κ1) is 10.9. The first-order chi connectivity index (χ1) is 3.13. The highest BCUT2D eigenvalue weighted by Gasteiger charge is 1.95. The summed E-state index contributed by atoms with van der Waals surface area (Å²) in [5.41, 5.74) is 0. The van der Waals surface area contributed by atoms with Crippen molar-refractivity contribution in [3.8, 4) is 0 Å². The molecule has 0 aromatic heterocycles. The minimum atomic E-state index is 0. The maximum absolute atomic E-state index is 2.26. The summed E-state index contributed by atoms with van der Waals surface area (Å²) in [6, 6.07) is 0. The Hall–Kier alpha value is -0.0400. The molecule has 0 bridgehead atoms. The van der Waals surface area contributed by atoms with Crippen LogP contribution in [0.2, 0.25) is 0 Å². The highest BCUT2D eigenvalue weighted by Crippen LogP contribution is 2.08. The van der Waals surface area contributed by atoms with E-state index >= 15 is 0 Å². The Balaban J connectivity index is 0. The minimum Gasteiger partial charge on any atom is -0.344 e. The van der Waals surface area contributed by atoms with Gasteiger partial charge >= 0.3 is 0 Å². The highest BCUT2D eigenvalue weighted by atomic mass is 14.0. The van der Waals surface area contributed by atoms with Gasteiger partial charge in [-0.05, 0) is 18.3 Å². The van der Waals surface area contributed by atoms with Gasteiger partial charge in [0.25, 0.3) is 0 Å². The first-order valence-corrected chi connectivity index (χ1v) is 3.13. The molecule has 0 spiro atoms. The molecule has 0 aromatic carbocycles. The predicted octanol–water partition coefficient (Wildman–Crippen LogP) is 2.85. The van der Waals surface area contributed by atoms with Crippen LogP contribution in [0, 0.1) is 11.8 Å². The van der Waals surface area contributed by atoms with Crippen LogP contribution in [0.5, 0.6) is 0 Å². The van der Waals surface area contributed by atoms with Gasteiger partial charge in [-0.15, -0.1) is 0 Å². The van der Waals surface area contributed by atoms with E-state index in [4.69, 9.17) is 0 Å². The van der Waals surface area contributed by atoms with Crippen LogP contribution >= 0.6 is 0 Å². The van der Waals surface area contributed by atoms with Gasteiger partial charge in [0.1, 0.15) is 0 Å². The lowest BCUT2D eigenvalue weighted by atomic mass is 10.0. The van der Waals surface area contributed by atoms with E-state index in [1.54, 1.807) is 0 Å². The molecule has 0 saturated carbocycles. The van der Waals surface area contributed by atoms with Gasteiger partial charge < -0.3 is 6.15 Å². The van der Waals surface area contributed by atoms with Crippen LogP contribution in [0.25, 0.3) is 0 Å². The van der Waals surface area contributed by atoms with Gasteiger partial charge in [0, 0.05) is 0 Å². The molecule has 0 radical (unpaired) electrons. The molecular weight excluding hydrogens is 98.1 g/mol. The molecule has 0 atom stereocenters. The van der Waals surface area contributed by atoms with Crippen LogP contribution in [0.4, 0.5) is 0 Å². The molecule has 52 valence electrons. The van der Waals surface area contributed by atoms with Crippen molar-refractivity contribution in [1.29, 1.82) is 0 Å². The van der Waals surface area contributed by atoms with Crippen molar-refractivity contribution in [1.82, 2.24) is 6.15 Å². The molecule has 0 aromatic rings. The molecule has 0 amide bonds. The second-order valence-electron chi connectivity index (χ2n) is 3.02. The normalized spacial score (nSPS) is 9.75. The topological polar surface area (TPSA) is 35.0 Å². The van der Waals surface area contributed by atoms with Crippen molar-refractivity contribution in [3.05, 3.63) is 0 Å². The van der Waals surface area contributed by atoms with Crippen molar-refractivity contribution < 1.29 is 0 Å². The van der Waals surface area contributed by atoms with Gasteiger partial charge in [0.2, 0.25) is 0 Å². The van der Waals surface area contributed by atoms with E-state index in [1.807, 2.05) is 0 Å². The predicted molar refractivity (Wildman–Crippen MR) is 39.3 cm³/mol. The Morgan fingerprint density at radius 1 is 0.875 bits per heavy atom. The molecule has 1 nitrogen and oxygen atoms in total. The van der Waals surface area contributed by atoms with Crippen LogP contribution in [-0.2, 0) is 0 Å². The maximum Gasteiger partial charge on any atom is -0.0469 e. The summed E-state index contributed by atoms with van der Waals surface area (Å²) in [7, 11) is 0. The molecule has 1 heteroatoms. The van der Waals surface area contributed by atoms with Gasteiger partial charge in [-0.25, -0.2) is 0 Å². The Morgan fingerprint density at radius 2 is 1.12 bits per heavy atom. The Morgan fingerprint density at radius 3 is 1.12 bits per heavy atom. The lowest BCUT2D eigenvalue weighted by Gasteiger charge is -2.05. The molecule has 0 aliphatic rings. The number of rotatable bonds is 2. The average molecular weight is 117 g/mol. The number of hydrogen-bond acceptors (Lipinski definition) is 1. The minimum absolute atomic E-state index is 0. The molecule has 0 heterocycles. The zero-order valence-corrected chi connectivity index (χ0v) is 6.57. The van der Waals surface area contributed by atoms with Gasteiger partial charge in [0.15, 0.2) is 0 Å². The zero-order valence-electron chi connectivity index (χ0n) is 6.57. The Labute approximate surface area is 53.1 Å². The smallest absolute Gasteiger partial charge is 0.0469 e. The van der Waals surface area contributed by atoms with Gasteiger partial charge in [-0.2, -0.15) is 0 Å². The SMILES string of the molecule is CC(C)CC(C)C.N.